The van der Waals surface area contributed by atoms with Gasteiger partial charge in [-0.1, -0.05) is 0 Å². The molecule has 2 heterocycles. The molecular formula is C11H18N4O2. The van der Waals surface area contributed by atoms with E-state index in [4.69, 9.17) is 10.5 Å². The number of hydrogen-bond acceptors (Lipinski definition) is 4. The third-order valence-corrected chi connectivity index (χ3v) is 2.89. The van der Waals surface area contributed by atoms with E-state index in [1.807, 2.05) is 17.7 Å². The molecule has 2 rings (SSSR count). The van der Waals surface area contributed by atoms with Crippen molar-refractivity contribution in [3.63, 3.8) is 0 Å². The minimum atomic E-state index is -0.222. The lowest BCUT2D eigenvalue weighted by Gasteiger charge is -2.18. The van der Waals surface area contributed by atoms with Crippen molar-refractivity contribution in [2.45, 2.75) is 25.6 Å². The number of imidazole rings is 1. The summed E-state index contributed by atoms with van der Waals surface area (Å²) in [6.45, 7) is 3.55. The number of hydrogen-bond donors (Lipinski definition) is 2. The molecule has 0 bridgehead atoms. The van der Waals surface area contributed by atoms with Crippen LogP contribution in [0.4, 0.5) is 0 Å². The molecule has 3 N–H and O–H groups in total. The maximum Gasteiger partial charge on any atom is 0.227 e. The van der Waals surface area contributed by atoms with Gasteiger partial charge >= 0.3 is 0 Å². The number of aromatic nitrogens is 2. The Morgan fingerprint density at radius 2 is 2.53 bits per heavy atom. The van der Waals surface area contributed by atoms with Crippen LogP contribution < -0.4 is 11.1 Å². The Morgan fingerprint density at radius 3 is 3.12 bits per heavy atom. The van der Waals surface area contributed by atoms with Crippen molar-refractivity contribution >= 4 is 5.91 Å². The Labute approximate surface area is 100 Å². The average Bonchev–Trinajstić information content (AvgIpc) is 2.88. The molecule has 3 atom stereocenters. The third kappa shape index (κ3) is 3.04. The predicted molar refractivity (Wildman–Crippen MR) is 62.1 cm³/mol. The Hall–Kier alpha value is -1.40. The highest BCUT2D eigenvalue weighted by molar-refractivity contribution is 5.80. The van der Waals surface area contributed by atoms with Crippen molar-refractivity contribution in [2.75, 3.05) is 13.2 Å². The van der Waals surface area contributed by atoms with Crippen molar-refractivity contribution in [1.29, 1.82) is 0 Å². The van der Waals surface area contributed by atoms with Gasteiger partial charge in [-0.25, -0.2) is 4.98 Å². The van der Waals surface area contributed by atoms with Gasteiger partial charge in [-0.15, -0.1) is 0 Å². The minimum Gasteiger partial charge on any atom is -0.379 e. The van der Waals surface area contributed by atoms with E-state index in [1.165, 1.54) is 0 Å². The van der Waals surface area contributed by atoms with Gasteiger partial charge in [-0.2, -0.15) is 0 Å². The Kier molecular flexibility index (Phi) is 3.75. The standard InChI is InChI=1S/C11H18N4O2/c1-8(4-15-3-2-13-7-15)14-11(16)9-5-17-6-10(9)12/h2-3,7-10H,4-6,12H2,1H3,(H,14,16). The van der Waals surface area contributed by atoms with Crippen LogP contribution in [0.5, 0.6) is 0 Å². The molecule has 1 saturated heterocycles. The highest BCUT2D eigenvalue weighted by Gasteiger charge is 2.31. The van der Waals surface area contributed by atoms with E-state index in [0.717, 1.165) is 0 Å². The molecule has 0 radical (unpaired) electrons. The number of amides is 1. The number of carbonyl (C=O) groups is 1. The van der Waals surface area contributed by atoms with Crippen LogP contribution in [0.15, 0.2) is 18.7 Å². The molecule has 0 spiro atoms. The van der Waals surface area contributed by atoms with Crippen molar-refractivity contribution in [2.24, 2.45) is 11.7 Å². The minimum absolute atomic E-state index is 0.0254. The fraction of sp³-hybridized carbons (Fsp3) is 0.636. The van der Waals surface area contributed by atoms with Gasteiger partial charge in [0.2, 0.25) is 5.91 Å². The van der Waals surface area contributed by atoms with Crippen LogP contribution >= 0.6 is 0 Å². The molecule has 6 nitrogen and oxygen atoms in total. The summed E-state index contributed by atoms with van der Waals surface area (Å²) >= 11 is 0. The molecule has 1 aliphatic rings. The zero-order valence-electron chi connectivity index (χ0n) is 9.87. The van der Waals surface area contributed by atoms with Crippen LogP contribution in [0.25, 0.3) is 0 Å². The van der Waals surface area contributed by atoms with Gasteiger partial charge in [0, 0.05) is 31.0 Å². The van der Waals surface area contributed by atoms with Gasteiger partial charge < -0.3 is 20.4 Å². The van der Waals surface area contributed by atoms with Crippen LogP contribution in [0, 0.1) is 5.92 Å². The molecule has 1 fully saturated rings. The van der Waals surface area contributed by atoms with Crippen molar-refractivity contribution in [1.82, 2.24) is 14.9 Å². The molecule has 1 aromatic rings. The number of nitrogens with zero attached hydrogens (tertiary/aromatic N) is 2. The lowest BCUT2D eigenvalue weighted by atomic mass is 10.0. The van der Waals surface area contributed by atoms with E-state index < -0.39 is 0 Å². The Morgan fingerprint density at radius 1 is 1.71 bits per heavy atom. The summed E-state index contributed by atoms with van der Waals surface area (Å²) in [5.41, 5.74) is 5.79. The molecule has 3 unspecified atom stereocenters. The summed E-state index contributed by atoms with van der Waals surface area (Å²) in [6, 6.07) is -0.139. The smallest absolute Gasteiger partial charge is 0.227 e. The van der Waals surface area contributed by atoms with Gasteiger partial charge in [-0.3, -0.25) is 4.79 Å². The normalized spacial score (nSPS) is 25.8. The van der Waals surface area contributed by atoms with E-state index >= 15 is 0 Å². The first-order chi connectivity index (χ1) is 8.16. The zero-order valence-corrected chi connectivity index (χ0v) is 9.87. The number of nitrogens with one attached hydrogen (secondary N) is 1. The summed E-state index contributed by atoms with van der Waals surface area (Å²) in [5.74, 6) is -0.247. The van der Waals surface area contributed by atoms with Gasteiger partial charge in [0.15, 0.2) is 0 Å². The average molecular weight is 238 g/mol. The molecule has 1 aromatic heterocycles. The summed E-state index contributed by atoms with van der Waals surface area (Å²) in [7, 11) is 0. The highest BCUT2D eigenvalue weighted by Crippen LogP contribution is 2.11. The summed E-state index contributed by atoms with van der Waals surface area (Å²) in [4.78, 5) is 15.9. The lowest BCUT2D eigenvalue weighted by molar-refractivity contribution is -0.125. The van der Waals surface area contributed by atoms with Gasteiger partial charge in [0.05, 0.1) is 25.5 Å². The van der Waals surface area contributed by atoms with E-state index in [1.54, 1.807) is 12.5 Å². The van der Waals surface area contributed by atoms with Gasteiger partial charge in [0.25, 0.3) is 0 Å². The first kappa shape index (κ1) is 12.1. The molecule has 0 saturated carbocycles. The molecular weight excluding hydrogens is 220 g/mol. The second kappa shape index (κ2) is 5.29. The molecule has 1 amide bonds. The molecule has 0 aliphatic carbocycles. The zero-order chi connectivity index (χ0) is 12.3. The molecule has 1 aliphatic heterocycles. The molecule has 94 valence electrons. The van der Waals surface area contributed by atoms with Crippen LogP contribution in [-0.4, -0.2) is 40.8 Å². The maximum absolute atomic E-state index is 11.9. The number of ether oxygens (including phenoxy) is 1. The predicted octanol–water partition coefficient (Wildman–Crippen LogP) is -0.638. The van der Waals surface area contributed by atoms with Crippen molar-refractivity contribution in [3.8, 4) is 0 Å². The maximum atomic E-state index is 11.9. The third-order valence-electron chi connectivity index (χ3n) is 2.89. The van der Waals surface area contributed by atoms with E-state index in [9.17, 15) is 4.79 Å². The quantitative estimate of drug-likeness (QED) is 0.731. The lowest BCUT2D eigenvalue weighted by Crippen LogP contribution is -2.45. The van der Waals surface area contributed by atoms with Crippen LogP contribution in [-0.2, 0) is 16.1 Å². The molecule has 0 aromatic carbocycles. The molecule has 17 heavy (non-hydrogen) atoms. The van der Waals surface area contributed by atoms with E-state index in [0.29, 0.717) is 19.8 Å². The number of rotatable bonds is 4. The number of nitrogens with two attached hydrogens (primary N) is 1. The summed E-state index contributed by atoms with van der Waals surface area (Å²) < 4.78 is 7.10. The second-order valence-corrected chi connectivity index (χ2v) is 4.48. The van der Waals surface area contributed by atoms with Crippen LogP contribution in [0.3, 0.4) is 0 Å². The SMILES string of the molecule is CC(Cn1ccnc1)NC(=O)C1COCC1N. The van der Waals surface area contributed by atoms with Gasteiger partial charge in [0.1, 0.15) is 0 Å². The highest BCUT2D eigenvalue weighted by atomic mass is 16.5. The first-order valence-electron chi connectivity index (χ1n) is 5.76. The second-order valence-electron chi connectivity index (χ2n) is 4.48. The monoisotopic (exact) mass is 238 g/mol. The fourth-order valence-corrected chi connectivity index (χ4v) is 1.95. The Balaban J connectivity index is 1.82. The van der Waals surface area contributed by atoms with Crippen molar-refractivity contribution < 1.29 is 9.53 Å². The fourth-order valence-electron chi connectivity index (χ4n) is 1.95. The van der Waals surface area contributed by atoms with Crippen LogP contribution in [0.1, 0.15) is 6.92 Å². The Bertz CT molecular complexity index is 366. The summed E-state index contributed by atoms with van der Waals surface area (Å²) in [6.07, 6.45) is 5.31. The largest absolute Gasteiger partial charge is 0.379 e. The van der Waals surface area contributed by atoms with E-state index in [-0.39, 0.29) is 23.9 Å². The summed E-state index contributed by atoms with van der Waals surface area (Å²) in [5, 5.41) is 2.94. The van der Waals surface area contributed by atoms with E-state index in [2.05, 4.69) is 10.3 Å². The van der Waals surface area contributed by atoms with Gasteiger partial charge in [-0.05, 0) is 6.92 Å². The van der Waals surface area contributed by atoms with Crippen LogP contribution in [0.2, 0.25) is 0 Å². The number of carbonyl (C=O) groups excluding carboxylic acids is 1. The van der Waals surface area contributed by atoms with Crippen molar-refractivity contribution in [3.05, 3.63) is 18.7 Å². The first-order valence-corrected chi connectivity index (χ1v) is 5.76. The molecule has 6 heteroatoms. The topological polar surface area (TPSA) is 82.2 Å².